The zero-order valence-electron chi connectivity index (χ0n) is 18.7. The Morgan fingerprint density at radius 3 is 2.26 bits per heavy atom. The van der Waals surface area contributed by atoms with Gasteiger partial charge in [-0.15, -0.1) is 0 Å². The highest BCUT2D eigenvalue weighted by Gasteiger charge is 2.15. The second kappa shape index (κ2) is 11.7. The number of methoxy groups -OCH3 is 1. The van der Waals surface area contributed by atoms with Crippen LogP contribution in [0.1, 0.15) is 60.5 Å². The molecule has 0 bridgehead atoms. The molecular weight excluding hydrogens is 388 g/mol. The van der Waals surface area contributed by atoms with E-state index in [1.807, 2.05) is 0 Å². The second-order valence-corrected chi connectivity index (χ2v) is 8.56. The predicted octanol–water partition coefficient (Wildman–Crippen LogP) is 4.60. The van der Waals surface area contributed by atoms with Crippen LogP contribution in [0, 0.1) is 5.92 Å². The maximum Gasteiger partial charge on any atom is 0.220 e. The van der Waals surface area contributed by atoms with Crippen molar-refractivity contribution in [3.63, 3.8) is 0 Å². The molecule has 1 N–H and O–H groups in total. The monoisotopic (exact) mass is 422 g/mol. The van der Waals surface area contributed by atoms with Crippen LogP contribution in [0.2, 0.25) is 0 Å². The van der Waals surface area contributed by atoms with Crippen molar-refractivity contribution in [3.05, 3.63) is 65.2 Å². The summed E-state index contributed by atoms with van der Waals surface area (Å²) in [6.45, 7) is 6.22. The van der Waals surface area contributed by atoms with E-state index in [1.54, 1.807) is 31.4 Å². The summed E-state index contributed by atoms with van der Waals surface area (Å²) in [4.78, 5) is 26.9. The number of likely N-dealkylation sites (tertiary alicyclic amines) is 1. The molecule has 0 unspecified atom stereocenters. The normalized spacial score (nSPS) is 14.9. The highest BCUT2D eigenvalue weighted by Crippen LogP contribution is 2.18. The van der Waals surface area contributed by atoms with Gasteiger partial charge in [-0.1, -0.05) is 31.2 Å². The Hall–Kier alpha value is -2.66. The van der Waals surface area contributed by atoms with Gasteiger partial charge in [-0.2, -0.15) is 0 Å². The van der Waals surface area contributed by atoms with Gasteiger partial charge < -0.3 is 10.1 Å². The molecular formula is C26H34N2O3. The average Bonchev–Trinajstić information content (AvgIpc) is 2.80. The fourth-order valence-electron chi connectivity index (χ4n) is 3.86. The minimum atomic E-state index is -0.0194. The largest absolute Gasteiger partial charge is 0.497 e. The third-order valence-electron chi connectivity index (χ3n) is 6.01. The van der Waals surface area contributed by atoms with Crippen molar-refractivity contribution < 1.29 is 14.3 Å². The topological polar surface area (TPSA) is 58.6 Å². The van der Waals surface area contributed by atoms with E-state index >= 15 is 0 Å². The molecule has 2 aromatic carbocycles. The van der Waals surface area contributed by atoms with E-state index in [1.165, 1.54) is 31.5 Å². The van der Waals surface area contributed by atoms with E-state index in [9.17, 15) is 9.59 Å². The van der Waals surface area contributed by atoms with E-state index in [-0.39, 0.29) is 11.7 Å². The Morgan fingerprint density at radius 2 is 1.61 bits per heavy atom. The van der Waals surface area contributed by atoms with Crippen molar-refractivity contribution in [2.24, 2.45) is 5.92 Å². The Labute approximate surface area is 185 Å². The Bertz CT molecular complexity index is 838. The molecule has 1 saturated heterocycles. The van der Waals surface area contributed by atoms with Crippen LogP contribution in [0.15, 0.2) is 48.5 Å². The third-order valence-corrected chi connectivity index (χ3v) is 6.01. The van der Waals surface area contributed by atoms with Crippen LogP contribution >= 0.6 is 0 Å². The molecule has 0 radical (unpaired) electrons. The van der Waals surface area contributed by atoms with E-state index in [0.29, 0.717) is 31.4 Å². The van der Waals surface area contributed by atoms with Gasteiger partial charge in [-0.05, 0) is 73.7 Å². The molecule has 1 aliphatic rings. The lowest BCUT2D eigenvalue weighted by Gasteiger charge is -2.30. The summed E-state index contributed by atoms with van der Waals surface area (Å²) in [7, 11) is 1.60. The lowest BCUT2D eigenvalue weighted by molar-refractivity contribution is -0.121. The SMILES string of the molecule is COc1ccc(C(=O)CCCC(=O)NCc2ccc(CN3CCC(C)CC3)cc2)cc1. The first-order chi connectivity index (χ1) is 15.0. The van der Waals surface area contributed by atoms with Crippen molar-refractivity contribution in [3.8, 4) is 5.75 Å². The van der Waals surface area contributed by atoms with Gasteiger partial charge in [0.2, 0.25) is 5.91 Å². The van der Waals surface area contributed by atoms with E-state index in [4.69, 9.17) is 4.74 Å². The molecule has 1 heterocycles. The van der Waals surface area contributed by atoms with Gasteiger partial charge >= 0.3 is 0 Å². The molecule has 0 aromatic heterocycles. The number of benzene rings is 2. The van der Waals surface area contributed by atoms with Crippen LogP contribution in [-0.2, 0) is 17.9 Å². The molecule has 0 spiro atoms. The summed E-state index contributed by atoms with van der Waals surface area (Å²) in [5, 5.41) is 2.96. The molecule has 2 aromatic rings. The Morgan fingerprint density at radius 1 is 0.968 bits per heavy atom. The lowest BCUT2D eigenvalue weighted by atomic mass is 9.99. The number of rotatable bonds is 10. The van der Waals surface area contributed by atoms with Gasteiger partial charge in [0.05, 0.1) is 7.11 Å². The molecule has 31 heavy (non-hydrogen) atoms. The molecule has 1 fully saturated rings. The molecule has 5 heteroatoms. The summed E-state index contributed by atoms with van der Waals surface area (Å²) < 4.78 is 5.10. The number of ketones is 1. The molecule has 1 amide bonds. The number of amides is 1. The van der Waals surface area contributed by atoms with Gasteiger partial charge in [-0.25, -0.2) is 0 Å². The van der Waals surface area contributed by atoms with Crippen LogP contribution in [0.25, 0.3) is 0 Å². The maximum absolute atomic E-state index is 12.2. The lowest BCUT2D eigenvalue weighted by Crippen LogP contribution is -2.32. The second-order valence-electron chi connectivity index (χ2n) is 8.56. The fourth-order valence-corrected chi connectivity index (χ4v) is 3.86. The third kappa shape index (κ3) is 7.51. The van der Waals surface area contributed by atoms with Gasteiger partial charge in [0.15, 0.2) is 5.78 Å². The van der Waals surface area contributed by atoms with Crippen LogP contribution in [0.5, 0.6) is 5.75 Å². The summed E-state index contributed by atoms with van der Waals surface area (Å²) in [6.07, 6.45) is 3.84. The van der Waals surface area contributed by atoms with Crippen molar-refractivity contribution in [2.75, 3.05) is 20.2 Å². The van der Waals surface area contributed by atoms with Crippen molar-refractivity contribution in [2.45, 2.75) is 52.1 Å². The number of nitrogens with one attached hydrogen (secondary N) is 1. The van der Waals surface area contributed by atoms with Crippen LogP contribution in [0.3, 0.4) is 0 Å². The number of hydrogen-bond donors (Lipinski definition) is 1. The molecule has 166 valence electrons. The van der Waals surface area contributed by atoms with Crippen LogP contribution in [-0.4, -0.2) is 36.8 Å². The average molecular weight is 423 g/mol. The van der Waals surface area contributed by atoms with E-state index < -0.39 is 0 Å². The van der Waals surface area contributed by atoms with Crippen LogP contribution < -0.4 is 10.1 Å². The van der Waals surface area contributed by atoms with E-state index in [0.717, 1.165) is 23.8 Å². The Balaban J connectivity index is 1.34. The molecule has 1 aliphatic heterocycles. The summed E-state index contributed by atoms with van der Waals surface area (Å²) in [5.41, 5.74) is 3.07. The number of Topliss-reactive ketones (excluding diaryl/α,β-unsaturated/α-hetero) is 1. The van der Waals surface area contributed by atoms with Gasteiger partial charge in [0.1, 0.15) is 5.75 Å². The van der Waals surface area contributed by atoms with Gasteiger partial charge in [0, 0.05) is 31.5 Å². The number of carbonyl (C=O) groups is 2. The quantitative estimate of drug-likeness (QED) is 0.569. The zero-order chi connectivity index (χ0) is 22.1. The number of piperidine rings is 1. The highest BCUT2D eigenvalue weighted by molar-refractivity contribution is 5.96. The van der Waals surface area contributed by atoms with Crippen molar-refractivity contribution in [1.82, 2.24) is 10.2 Å². The van der Waals surface area contributed by atoms with Gasteiger partial charge in [0.25, 0.3) is 0 Å². The van der Waals surface area contributed by atoms with Gasteiger partial charge in [-0.3, -0.25) is 14.5 Å². The number of ether oxygens (including phenoxy) is 1. The zero-order valence-corrected chi connectivity index (χ0v) is 18.7. The summed E-state index contributed by atoms with van der Waals surface area (Å²) >= 11 is 0. The maximum atomic E-state index is 12.2. The molecule has 3 rings (SSSR count). The van der Waals surface area contributed by atoms with Crippen molar-refractivity contribution >= 4 is 11.7 Å². The number of hydrogen-bond acceptors (Lipinski definition) is 4. The first-order valence-corrected chi connectivity index (χ1v) is 11.3. The molecule has 0 atom stereocenters. The van der Waals surface area contributed by atoms with Crippen LogP contribution in [0.4, 0.5) is 0 Å². The molecule has 0 saturated carbocycles. The van der Waals surface area contributed by atoms with Crippen molar-refractivity contribution in [1.29, 1.82) is 0 Å². The minimum Gasteiger partial charge on any atom is -0.497 e. The predicted molar refractivity (Wildman–Crippen MR) is 123 cm³/mol. The fraction of sp³-hybridized carbons (Fsp3) is 0.462. The Kier molecular flexibility index (Phi) is 8.65. The smallest absolute Gasteiger partial charge is 0.220 e. The summed E-state index contributed by atoms with van der Waals surface area (Å²) in [5.74, 6) is 1.61. The number of carbonyl (C=O) groups excluding carboxylic acids is 2. The first kappa shape index (κ1) is 23.0. The highest BCUT2D eigenvalue weighted by atomic mass is 16.5. The standard InChI is InChI=1S/C26H34N2O3/c1-20-14-16-28(17-15-20)19-22-8-6-21(7-9-22)18-27-26(30)5-3-4-25(29)23-10-12-24(31-2)13-11-23/h6-13,20H,3-5,14-19H2,1-2H3,(H,27,30). The van der Waals surface area contributed by atoms with E-state index in [2.05, 4.69) is 41.4 Å². The number of nitrogens with zero attached hydrogens (tertiary/aromatic N) is 1. The summed E-state index contributed by atoms with van der Waals surface area (Å²) in [6, 6.07) is 15.6. The molecule has 0 aliphatic carbocycles. The minimum absolute atomic E-state index is 0.0194. The molecule has 5 nitrogen and oxygen atoms in total. The first-order valence-electron chi connectivity index (χ1n) is 11.3.